The van der Waals surface area contributed by atoms with Crippen molar-refractivity contribution in [2.75, 3.05) is 19.8 Å². The summed E-state index contributed by atoms with van der Waals surface area (Å²) in [6, 6.07) is 0.176. The van der Waals surface area contributed by atoms with Gasteiger partial charge >= 0.3 is 0 Å². The lowest BCUT2D eigenvalue weighted by Crippen LogP contribution is -2.41. The summed E-state index contributed by atoms with van der Waals surface area (Å²) in [5.74, 6) is 0.547. The molecule has 0 aromatic rings. The quantitative estimate of drug-likeness (QED) is 0.668. The molecule has 0 aliphatic carbocycles. The Hall–Kier alpha value is -0.120. The van der Waals surface area contributed by atoms with Gasteiger partial charge in [0.1, 0.15) is 6.10 Å². The average Bonchev–Trinajstić information content (AvgIpc) is 2.00. The number of nitrogens with two attached hydrogens (primary N) is 1. The number of hydrogen-bond donors (Lipinski definition) is 1. The van der Waals surface area contributed by atoms with Crippen molar-refractivity contribution in [3.63, 3.8) is 0 Å². The Morgan fingerprint density at radius 3 is 2.67 bits per heavy atom. The van der Waals surface area contributed by atoms with Crippen LogP contribution in [0.15, 0.2) is 0 Å². The minimum absolute atomic E-state index is 0.176. The summed E-state index contributed by atoms with van der Waals surface area (Å²) in [5.41, 5.74) is 5.89. The zero-order chi connectivity index (χ0) is 8.97. The van der Waals surface area contributed by atoms with Gasteiger partial charge in [-0.15, -0.1) is 0 Å². The highest BCUT2D eigenvalue weighted by molar-refractivity contribution is 4.70. The van der Waals surface area contributed by atoms with E-state index in [1.54, 1.807) is 0 Å². The van der Waals surface area contributed by atoms with Gasteiger partial charge in [-0.05, 0) is 5.92 Å². The molecular formula is C9H19NO2. The van der Waals surface area contributed by atoms with E-state index >= 15 is 0 Å². The summed E-state index contributed by atoms with van der Waals surface area (Å²) in [6.45, 7) is 6.46. The Morgan fingerprint density at radius 2 is 2.25 bits per heavy atom. The van der Waals surface area contributed by atoms with Gasteiger partial charge in [-0.3, -0.25) is 0 Å². The van der Waals surface area contributed by atoms with Crippen LogP contribution in [0.1, 0.15) is 20.3 Å². The average molecular weight is 173 g/mol. The van der Waals surface area contributed by atoms with E-state index in [-0.39, 0.29) is 6.04 Å². The lowest BCUT2D eigenvalue weighted by Gasteiger charge is -2.28. The van der Waals surface area contributed by atoms with Crippen LogP contribution < -0.4 is 5.73 Å². The molecule has 0 aromatic carbocycles. The van der Waals surface area contributed by atoms with Crippen molar-refractivity contribution in [3.8, 4) is 0 Å². The van der Waals surface area contributed by atoms with Gasteiger partial charge in [0.25, 0.3) is 0 Å². The predicted molar refractivity (Wildman–Crippen MR) is 48.0 cm³/mol. The highest BCUT2D eigenvalue weighted by Gasteiger charge is 2.20. The van der Waals surface area contributed by atoms with Crippen LogP contribution in [0.3, 0.4) is 0 Å². The maximum Gasteiger partial charge on any atom is 0.104 e. The van der Waals surface area contributed by atoms with E-state index in [2.05, 4.69) is 13.8 Å². The summed E-state index contributed by atoms with van der Waals surface area (Å²) in [6.07, 6.45) is 1.42. The fraction of sp³-hybridized carbons (Fsp3) is 1.00. The van der Waals surface area contributed by atoms with Crippen LogP contribution in [0.5, 0.6) is 0 Å². The third-order valence-corrected chi connectivity index (χ3v) is 2.51. The van der Waals surface area contributed by atoms with Gasteiger partial charge in [-0.2, -0.15) is 0 Å². The van der Waals surface area contributed by atoms with Gasteiger partial charge in [-0.1, -0.05) is 20.3 Å². The van der Waals surface area contributed by atoms with Crippen molar-refractivity contribution >= 4 is 0 Å². The Morgan fingerprint density at radius 1 is 1.58 bits per heavy atom. The van der Waals surface area contributed by atoms with Crippen LogP contribution in [0, 0.1) is 5.92 Å². The fourth-order valence-electron chi connectivity index (χ4n) is 1.02. The van der Waals surface area contributed by atoms with Crippen LogP contribution in [-0.2, 0) is 9.47 Å². The van der Waals surface area contributed by atoms with E-state index in [0.717, 1.165) is 19.6 Å². The summed E-state index contributed by atoms with van der Waals surface area (Å²) in [4.78, 5) is 0. The molecule has 0 radical (unpaired) electrons. The minimum Gasteiger partial charge on any atom is -0.376 e. The summed E-state index contributed by atoms with van der Waals surface area (Å²) < 4.78 is 10.5. The summed E-state index contributed by atoms with van der Waals surface area (Å²) >= 11 is 0. The molecule has 3 heteroatoms. The Labute approximate surface area is 74.2 Å². The second kappa shape index (κ2) is 4.80. The van der Waals surface area contributed by atoms with E-state index in [4.69, 9.17) is 15.2 Å². The first-order chi connectivity index (χ1) is 5.74. The van der Waals surface area contributed by atoms with Crippen molar-refractivity contribution in [1.29, 1.82) is 0 Å². The topological polar surface area (TPSA) is 44.5 Å². The second-order valence-electron chi connectivity index (χ2n) is 3.54. The normalized spacial score (nSPS) is 23.2. The zero-order valence-electron chi connectivity index (χ0n) is 7.95. The lowest BCUT2D eigenvalue weighted by atomic mass is 10.0. The minimum atomic E-state index is 0.176. The van der Waals surface area contributed by atoms with Gasteiger partial charge in [0.2, 0.25) is 0 Å². The number of hydrogen-bond acceptors (Lipinski definition) is 3. The van der Waals surface area contributed by atoms with Crippen LogP contribution in [0.2, 0.25) is 0 Å². The van der Waals surface area contributed by atoms with Gasteiger partial charge in [-0.25, -0.2) is 0 Å². The van der Waals surface area contributed by atoms with Crippen molar-refractivity contribution in [3.05, 3.63) is 0 Å². The second-order valence-corrected chi connectivity index (χ2v) is 3.54. The number of rotatable bonds is 5. The molecule has 1 saturated heterocycles. The molecule has 0 spiro atoms. The summed E-state index contributed by atoms with van der Waals surface area (Å²) in [5, 5.41) is 0. The molecule has 1 aliphatic heterocycles. The van der Waals surface area contributed by atoms with Crippen LogP contribution in [0.4, 0.5) is 0 Å². The van der Waals surface area contributed by atoms with Crippen molar-refractivity contribution < 1.29 is 9.47 Å². The SMILES string of the molecule is CCC(C)C(N)COC1COC1. The van der Waals surface area contributed by atoms with E-state index in [1.165, 1.54) is 0 Å². The molecule has 1 heterocycles. The third-order valence-electron chi connectivity index (χ3n) is 2.51. The molecule has 72 valence electrons. The molecule has 0 aromatic heterocycles. The highest BCUT2D eigenvalue weighted by atomic mass is 16.6. The molecule has 0 amide bonds. The van der Waals surface area contributed by atoms with Gasteiger partial charge in [0, 0.05) is 6.04 Å². The Bertz CT molecular complexity index is 126. The van der Waals surface area contributed by atoms with E-state index in [1.807, 2.05) is 0 Å². The van der Waals surface area contributed by atoms with E-state index in [0.29, 0.717) is 18.6 Å². The molecule has 2 N–H and O–H groups in total. The molecule has 0 bridgehead atoms. The Kier molecular flexibility index (Phi) is 3.98. The first kappa shape index (κ1) is 9.96. The predicted octanol–water partition coefficient (Wildman–Crippen LogP) is 0.775. The maximum atomic E-state index is 5.89. The monoisotopic (exact) mass is 173 g/mol. The van der Waals surface area contributed by atoms with Crippen molar-refractivity contribution in [2.45, 2.75) is 32.4 Å². The van der Waals surface area contributed by atoms with Crippen LogP contribution >= 0.6 is 0 Å². The molecule has 1 fully saturated rings. The molecule has 3 nitrogen and oxygen atoms in total. The van der Waals surface area contributed by atoms with Crippen molar-refractivity contribution in [2.24, 2.45) is 11.7 Å². The van der Waals surface area contributed by atoms with Gasteiger partial charge in [0.05, 0.1) is 19.8 Å². The molecule has 2 atom stereocenters. The molecule has 12 heavy (non-hydrogen) atoms. The summed E-state index contributed by atoms with van der Waals surface area (Å²) in [7, 11) is 0. The molecule has 2 unspecified atom stereocenters. The van der Waals surface area contributed by atoms with Crippen LogP contribution in [0.25, 0.3) is 0 Å². The Balaban J connectivity index is 2.04. The fourth-order valence-corrected chi connectivity index (χ4v) is 1.02. The van der Waals surface area contributed by atoms with Gasteiger partial charge < -0.3 is 15.2 Å². The van der Waals surface area contributed by atoms with Gasteiger partial charge in [0.15, 0.2) is 0 Å². The lowest BCUT2D eigenvalue weighted by molar-refractivity contribution is -0.133. The van der Waals surface area contributed by atoms with E-state index in [9.17, 15) is 0 Å². The third kappa shape index (κ3) is 2.73. The standard InChI is InChI=1S/C9H19NO2/c1-3-7(2)9(10)6-12-8-4-11-5-8/h7-9H,3-6,10H2,1-2H3. The highest BCUT2D eigenvalue weighted by Crippen LogP contribution is 2.09. The maximum absolute atomic E-state index is 5.89. The molecule has 1 rings (SSSR count). The largest absolute Gasteiger partial charge is 0.376 e. The van der Waals surface area contributed by atoms with Crippen LogP contribution in [-0.4, -0.2) is 32.0 Å². The molecular weight excluding hydrogens is 154 g/mol. The first-order valence-electron chi connectivity index (χ1n) is 4.69. The first-order valence-corrected chi connectivity index (χ1v) is 4.69. The molecule has 0 saturated carbocycles. The van der Waals surface area contributed by atoms with Crippen molar-refractivity contribution in [1.82, 2.24) is 0 Å². The molecule has 1 aliphatic rings. The van der Waals surface area contributed by atoms with E-state index < -0.39 is 0 Å². The number of ether oxygens (including phenoxy) is 2. The smallest absolute Gasteiger partial charge is 0.104 e. The zero-order valence-corrected chi connectivity index (χ0v) is 7.95.